The first kappa shape index (κ1) is 13.7. The van der Waals surface area contributed by atoms with Crippen LogP contribution >= 0.6 is 11.3 Å². The fourth-order valence-electron chi connectivity index (χ4n) is 1.43. The number of carbonyl (C=O) groups is 1. The van der Waals surface area contributed by atoms with Crippen LogP contribution in [0.25, 0.3) is 0 Å². The zero-order valence-electron chi connectivity index (χ0n) is 10.2. The highest BCUT2D eigenvalue weighted by molar-refractivity contribution is 7.15. The second kappa shape index (κ2) is 7.08. The van der Waals surface area contributed by atoms with Crippen molar-refractivity contribution in [2.75, 3.05) is 6.61 Å². The summed E-state index contributed by atoms with van der Waals surface area (Å²) in [6.45, 7) is 4.99. The highest BCUT2D eigenvalue weighted by Gasteiger charge is 2.10. The van der Waals surface area contributed by atoms with E-state index in [2.05, 4.69) is 13.8 Å². The van der Waals surface area contributed by atoms with E-state index in [4.69, 9.17) is 10.00 Å². The molecule has 0 fully saturated rings. The lowest BCUT2D eigenvalue weighted by atomic mass is 10.1. The van der Waals surface area contributed by atoms with Crippen LogP contribution < -0.4 is 4.74 Å². The van der Waals surface area contributed by atoms with Crippen molar-refractivity contribution in [3.63, 3.8) is 0 Å². The van der Waals surface area contributed by atoms with Gasteiger partial charge in [-0.1, -0.05) is 38.0 Å². The molecular weight excluding hydrogens is 234 g/mol. The minimum atomic E-state index is -0.130. The quantitative estimate of drug-likeness (QED) is 0.695. The van der Waals surface area contributed by atoms with E-state index < -0.39 is 0 Å². The fourth-order valence-corrected chi connectivity index (χ4v) is 2.23. The standard InChI is InChI=1S/C13H17NO2S/c1-3-10(4-2)9-16-13-6-5-12(17-13)11(15)7-8-14/h5-6,10H,3-4,7,9H2,1-2H3. The fraction of sp³-hybridized carbons (Fsp3) is 0.538. The van der Waals surface area contributed by atoms with Gasteiger partial charge in [0.25, 0.3) is 0 Å². The van der Waals surface area contributed by atoms with Gasteiger partial charge in [0.15, 0.2) is 10.8 Å². The molecule has 0 spiro atoms. The molecule has 3 nitrogen and oxygen atoms in total. The summed E-state index contributed by atoms with van der Waals surface area (Å²) >= 11 is 1.32. The van der Waals surface area contributed by atoms with Crippen LogP contribution in [0, 0.1) is 17.2 Å². The SMILES string of the molecule is CCC(CC)COc1ccc(C(=O)CC#N)s1. The van der Waals surface area contributed by atoms with Crippen LogP contribution in [-0.4, -0.2) is 12.4 Å². The summed E-state index contributed by atoms with van der Waals surface area (Å²) in [5, 5.41) is 9.21. The van der Waals surface area contributed by atoms with Gasteiger partial charge in [0.05, 0.1) is 24.0 Å². The molecule has 0 bridgehead atoms. The van der Waals surface area contributed by atoms with Gasteiger partial charge in [-0.3, -0.25) is 4.79 Å². The van der Waals surface area contributed by atoms with Crippen LogP contribution in [0.3, 0.4) is 0 Å². The first-order valence-electron chi connectivity index (χ1n) is 5.84. The second-order valence-electron chi connectivity index (χ2n) is 3.87. The molecule has 4 heteroatoms. The van der Waals surface area contributed by atoms with Crippen molar-refractivity contribution in [2.24, 2.45) is 5.92 Å². The normalized spacial score (nSPS) is 10.2. The third-order valence-electron chi connectivity index (χ3n) is 2.71. The molecule has 1 aromatic heterocycles. The molecule has 0 unspecified atom stereocenters. The molecule has 0 atom stereocenters. The number of Topliss-reactive ketones (excluding diaryl/α,β-unsaturated/α-hetero) is 1. The van der Waals surface area contributed by atoms with Gasteiger partial charge < -0.3 is 4.74 Å². The summed E-state index contributed by atoms with van der Waals surface area (Å²) in [5.74, 6) is 0.435. The summed E-state index contributed by atoms with van der Waals surface area (Å²) in [4.78, 5) is 12.0. The van der Waals surface area contributed by atoms with Gasteiger partial charge in [-0.05, 0) is 18.1 Å². The molecule has 1 aromatic rings. The summed E-state index contributed by atoms with van der Waals surface area (Å²) in [6.07, 6.45) is 2.14. The van der Waals surface area contributed by atoms with Crippen molar-refractivity contribution < 1.29 is 9.53 Å². The molecule has 0 amide bonds. The lowest BCUT2D eigenvalue weighted by molar-refractivity contribution is 0.100. The molecule has 0 radical (unpaired) electrons. The van der Waals surface area contributed by atoms with Crippen molar-refractivity contribution in [2.45, 2.75) is 33.1 Å². The van der Waals surface area contributed by atoms with Crippen LogP contribution in [0.5, 0.6) is 5.06 Å². The van der Waals surface area contributed by atoms with E-state index in [9.17, 15) is 4.79 Å². The average Bonchev–Trinajstić information content (AvgIpc) is 2.79. The Balaban J connectivity index is 2.51. The van der Waals surface area contributed by atoms with Gasteiger partial charge in [0, 0.05) is 0 Å². The van der Waals surface area contributed by atoms with Crippen molar-refractivity contribution in [1.82, 2.24) is 0 Å². The number of nitrogens with zero attached hydrogens (tertiary/aromatic N) is 1. The van der Waals surface area contributed by atoms with E-state index in [1.54, 1.807) is 12.1 Å². The Morgan fingerprint density at radius 2 is 2.18 bits per heavy atom. The molecule has 1 rings (SSSR count). The molecule has 0 aliphatic rings. The minimum absolute atomic E-state index is 0.0630. The Bertz CT molecular complexity index is 402. The molecule has 0 aliphatic heterocycles. The van der Waals surface area contributed by atoms with Crippen molar-refractivity contribution in [3.8, 4) is 11.1 Å². The zero-order chi connectivity index (χ0) is 12.7. The average molecular weight is 251 g/mol. The number of carbonyl (C=O) groups excluding carboxylic acids is 1. The topological polar surface area (TPSA) is 50.1 Å². The van der Waals surface area contributed by atoms with Gasteiger partial charge in [0.1, 0.15) is 0 Å². The minimum Gasteiger partial charge on any atom is -0.484 e. The van der Waals surface area contributed by atoms with Crippen LogP contribution in [0.4, 0.5) is 0 Å². The van der Waals surface area contributed by atoms with E-state index in [0.717, 1.165) is 17.9 Å². The van der Waals surface area contributed by atoms with Gasteiger partial charge in [0.2, 0.25) is 0 Å². The van der Waals surface area contributed by atoms with Gasteiger partial charge >= 0.3 is 0 Å². The van der Waals surface area contributed by atoms with Crippen LogP contribution in [0.15, 0.2) is 12.1 Å². The van der Waals surface area contributed by atoms with Crippen molar-refractivity contribution in [1.29, 1.82) is 5.26 Å². The molecule has 92 valence electrons. The van der Waals surface area contributed by atoms with E-state index in [0.29, 0.717) is 17.4 Å². The lowest BCUT2D eigenvalue weighted by Crippen LogP contribution is -2.09. The summed E-state index contributed by atoms with van der Waals surface area (Å²) in [5.41, 5.74) is 0. The maximum atomic E-state index is 11.4. The Hall–Kier alpha value is -1.34. The molecule has 0 aromatic carbocycles. The van der Waals surface area contributed by atoms with Gasteiger partial charge in [-0.2, -0.15) is 5.26 Å². The monoisotopic (exact) mass is 251 g/mol. The number of ketones is 1. The third kappa shape index (κ3) is 4.20. The predicted molar refractivity (Wildman–Crippen MR) is 68.4 cm³/mol. The summed E-state index contributed by atoms with van der Waals surface area (Å²) < 4.78 is 5.64. The van der Waals surface area contributed by atoms with Crippen LogP contribution in [0.2, 0.25) is 0 Å². The Morgan fingerprint density at radius 3 is 2.76 bits per heavy atom. The number of hydrogen-bond acceptors (Lipinski definition) is 4. The Morgan fingerprint density at radius 1 is 1.47 bits per heavy atom. The summed E-state index contributed by atoms with van der Waals surface area (Å²) in [7, 11) is 0. The number of ether oxygens (including phenoxy) is 1. The molecule has 0 aliphatic carbocycles. The Labute approximate surface area is 106 Å². The van der Waals surface area contributed by atoms with Crippen molar-refractivity contribution in [3.05, 3.63) is 17.0 Å². The predicted octanol–water partition coefficient (Wildman–Crippen LogP) is 3.66. The largest absolute Gasteiger partial charge is 0.484 e. The molecule has 0 saturated carbocycles. The molecule has 0 N–H and O–H groups in total. The maximum Gasteiger partial charge on any atom is 0.186 e. The van der Waals surface area contributed by atoms with E-state index in [1.165, 1.54) is 11.3 Å². The first-order chi connectivity index (χ1) is 8.21. The van der Waals surface area contributed by atoms with Gasteiger partial charge in [-0.15, -0.1) is 0 Å². The maximum absolute atomic E-state index is 11.4. The van der Waals surface area contributed by atoms with Crippen molar-refractivity contribution >= 4 is 17.1 Å². The van der Waals surface area contributed by atoms with Gasteiger partial charge in [-0.25, -0.2) is 0 Å². The van der Waals surface area contributed by atoms with E-state index >= 15 is 0 Å². The number of nitriles is 1. The molecule has 1 heterocycles. The lowest BCUT2D eigenvalue weighted by Gasteiger charge is -2.11. The van der Waals surface area contributed by atoms with E-state index in [-0.39, 0.29) is 12.2 Å². The first-order valence-corrected chi connectivity index (χ1v) is 6.65. The van der Waals surface area contributed by atoms with E-state index in [1.807, 2.05) is 6.07 Å². The smallest absolute Gasteiger partial charge is 0.186 e. The number of hydrogen-bond donors (Lipinski definition) is 0. The highest BCUT2D eigenvalue weighted by Crippen LogP contribution is 2.26. The van der Waals surface area contributed by atoms with Crippen LogP contribution in [-0.2, 0) is 0 Å². The van der Waals surface area contributed by atoms with Crippen LogP contribution in [0.1, 0.15) is 42.8 Å². The molecular formula is C13H17NO2S. The number of thiophene rings is 1. The highest BCUT2D eigenvalue weighted by atomic mass is 32.1. The second-order valence-corrected chi connectivity index (χ2v) is 4.92. The zero-order valence-corrected chi connectivity index (χ0v) is 11.0. The Kier molecular flexibility index (Phi) is 5.71. The molecule has 17 heavy (non-hydrogen) atoms. The number of rotatable bonds is 7. The molecule has 0 saturated heterocycles. The summed E-state index contributed by atoms with van der Waals surface area (Å²) in [6, 6.07) is 5.39. The third-order valence-corrected chi connectivity index (χ3v) is 3.75.